The van der Waals surface area contributed by atoms with E-state index in [1.165, 1.54) is 0 Å². The number of hydrogen-bond acceptors (Lipinski definition) is 3. The molecule has 0 saturated heterocycles. The number of rotatable bonds is 4. The summed E-state index contributed by atoms with van der Waals surface area (Å²) in [5.41, 5.74) is 0.819. The van der Waals surface area contributed by atoms with Gasteiger partial charge in [0.2, 0.25) is 0 Å². The van der Waals surface area contributed by atoms with Crippen molar-refractivity contribution in [3.8, 4) is 11.8 Å². The first-order valence-corrected chi connectivity index (χ1v) is 6.32. The Morgan fingerprint density at radius 1 is 1.33 bits per heavy atom. The molecular formula is C13H16Cl2N2O. The van der Waals surface area contributed by atoms with Crippen LogP contribution in [0.15, 0.2) is 12.1 Å². The summed E-state index contributed by atoms with van der Waals surface area (Å²) in [6.07, 6.45) is 0. The highest BCUT2D eigenvalue weighted by molar-refractivity contribution is 6.35. The van der Waals surface area contributed by atoms with Crippen LogP contribution in [0.3, 0.4) is 0 Å². The molecule has 0 aliphatic heterocycles. The minimum Gasteiger partial charge on any atom is -0.477 e. The van der Waals surface area contributed by atoms with Crippen molar-refractivity contribution in [2.45, 2.75) is 32.9 Å². The van der Waals surface area contributed by atoms with E-state index in [0.717, 1.165) is 5.56 Å². The first-order valence-electron chi connectivity index (χ1n) is 5.56. The molecule has 0 atom stereocenters. The van der Waals surface area contributed by atoms with Crippen LogP contribution >= 0.6 is 23.2 Å². The number of hydrogen-bond donors (Lipinski definition) is 1. The van der Waals surface area contributed by atoms with Gasteiger partial charge in [0.05, 0.1) is 5.02 Å². The molecule has 3 nitrogen and oxygen atoms in total. The van der Waals surface area contributed by atoms with Crippen molar-refractivity contribution in [1.29, 1.82) is 5.26 Å². The summed E-state index contributed by atoms with van der Waals surface area (Å²) < 4.78 is 5.35. The second-order valence-electron chi connectivity index (χ2n) is 4.93. The van der Waals surface area contributed by atoms with Crippen LogP contribution in [0, 0.1) is 11.3 Å². The third kappa shape index (κ3) is 4.73. The van der Waals surface area contributed by atoms with Gasteiger partial charge in [0.1, 0.15) is 11.8 Å². The number of halogens is 2. The Kier molecular flexibility index (Phi) is 5.28. The minimum atomic E-state index is -0.0378. The summed E-state index contributed by atoms with van der Waals surface area (Å²) in [5.74, 6) is 0.513. The van der Waals surface area contributed by atoms with E-state index in [4.69, 9.17) is 33.2 Å². The summed E-state index contributed by atoms with van der Waals surface area (Å²) in [6.45, 7) is 6.73. The van der Waals surface area contributed by atoms with Crippen LogP contribution < -0.4 is 10.1 Å². The molecule has 0 aromatic heterocycles. The Labute approximate surface area is 118 Å². The van der Waals surface area contributed by atoms with E-state index in [-0.39, 0.29) is 12.1 Å². The standard InChI is InChI=1S/C13H16Cl2N2O/c1-13(2,3)17-8-9-6-10(14)7-11(15)12(9)18-5-4-16/h6-7,17H,5,8H2,1-3H3. The van der Waals surface area contributed by atoms with Gasteiger partial charge in [-0.2, -0.15) is 5.26 Å². The monoisotopic (exact) mass is 286 g/mol. The maximum absolute atomic E-state index is 8.56. The normalized spacial score (nSPS) is 11.1. The van der Waals surface area contributed by atoms with Crippen LogP contribution in [0.25, 0.3) is 0 Å². The molecule has 0 heterocycles. The van der Waals surface area contributed by atoms with Gasteiger partial charge < -0.3 is 10.1 Å². The molecule has 0 amide bonds. The number of benzene rings is 1. The minimum absolute atomic E-state index is 0.0265. The second-order valence-corrected chi connectivity index (χ2v) is 5.77. The Balaban J connectivity index is 2.96. The summed E-state index contributed by atoms with van der Waals surface area (Å²) in [7, 11) is 0. The van der Waals surface area contributed by atoms with Crippen molar-refractivity contribution >= 4 is 23.2 Å². The molecule has 0 aliphatic carbocycles. The van der Waals surface area contributed by atoms with Crippen LogP contribution in [0.2, 0.25) is 10.0 Å². The molecule has 0 unspecified atom stereocenters. The summed E-state index contributed by atoms with van der Waals surface area (Å²) in [6, 6.07) is 5.32. The average molecular weight is 287 g/mol. The molecule has 0 bridgehead atoms. The lowest BCUT2D eigenvalue weighted by Crippen LogP contribution is -2.35. The highest BCUT2D eigenvalue weighted by atomic mass is 35.5. The lowest BCUT2D eigenvalue weighted by atomic mass is 10.1. The summed E-state index contributed by atoms with van der Waals surface area (Å²) in [4.78, 5) is 0. The van der Waals surface area contributed by atoms with Gasteiger partial charge in [-0.1, -0.05) is 23.2 Å². The molecule has 98 valence electrons. The van der Waals surface area contributed by atoms with E-state index in [1.807, 2.05) is 6.07 Å². The third-order valence-corrected chi connectivity index (χ3v) is 2.67. The van der Waals surface area contributed by atoms with E-state index >= 15 is 0 Å². The third-order valence-electron chi connectivity index (χ3n) is 2.18. The van der Waals surface area contributed by atoms with Gasteiger partial charge in [-0.15, -0.1) is 0 Å². The predicted octanol–water partition coefficient (Wildman–Crippen LogP) is 3.78. The van der Waals surface area contributed by atoms with Crippen LogP contribution in [-0.2, 0) is 6.54 Å². The molecule has 1 aromatic rings. The van der Waals surface area contributed by atoms with Gasteiger partial charge in [-0.05, 0) is 32.9 Å². The largest absolute Gasteiger partial charge is 0.477 e. The van der Waals surface area contributed by atoms with E-state index in [1.54, 1.807) is 12.1 Å². The molecule has 18 heavy (non-hydrogen) atoms. The smallest absolute Gasteiger partial charge is 0.174 e. The van der Waals surface area contributed by atoms with Gasteiger partial charge in [-0.25, -0.2) is 0 Å². The predicted molar refractivity (Wildman–Crippen MR) is 74.2 cm³/mol. The van der Waals surface area contributed by atoms with Gasteiger partial charge in [0, 0.05) is 22.7 Å². The Morgan fingerprint density at radius 2 is 2.00 bits per heavy atom. The topological polar surface area (TPSA) is 45.0 Å². The van der Waals surface area contributed by atoms with Crippen molar-refractivity contribution in [3.05, 3.63) is 27.7 Å². The van der Waals surface area contributed by atoms with Crippen molar-refractivity contribution in [2.75, 3.05) is 6.61 Å². The highest BCUT2D eigenvalue weighted by Crippen LogP contribution is 2.32. The fourth-order valence-corrected chi connectivity index (χ4v) is 1.96. The first kappa shape index (κ1) is 15.1. The number of nitrogens with one attached hydrogen (secondary N) is 1. The zero-order chi connectivity index (χ0) is 13.8. The van der Waals surface area contributed by atoms with Crippen LogP contribution in [-0.4, -0.2) is 12.1 Å². The summed E-state index contributed by atoms with van der Waals surface area (Å²) in [5, 5.41) is 12.9. The fraction of sp³-hybridized carbons (Fsp3) is 0.462. The SMILES string of the molecule is CC(C)(C)NCc1cc(Cl)cc(Cl)c1OCC#N. The zero-order valence-electron chi connectivity index (χ0n) is 10.7. The average Bonchev–Trinajstić information content (AvgIpc) is 2.23. The molecule has 0 aliphatic rings. The van der Waals surface area contributed by atoms with Gasteiger partial charge in [0.25, 0.3) is 0 Å². The van der Waals surface area contributed by atoms with E-state index < -0.39 is 0 Å². The molecule has 5 heteroatoms. The molecule has 0 radical (unpaired) electrons. The Hall–Kier alpha value is -0.950. The number of ether oxygens (including phenoxy) is 1. The van der Waals surface area contributed by atoms with Crippen LogP contribution in [0.5, 0.6) is 5.75 Å². The van der Waals surface area contributed by atoms with Gasteiger partial charge in [-0.3, -0.25) is 0 Å². The van der Waals surface area contributed by atoms with Crippen molar-refractivity contribution in [3.63, 3.8) is 0 Å². The molecule has 1 aromatic carbocycles. The van der Waals surface area contributed by atoms with E-state index in [2.05, 4.69) is 26.1 Å². The maximum Gasteiger partial charge on any atom is 0.174 e. The lowest BCUT2D eigenvalue weighted by Gasteiger charge is -2.22. The lowest BCUT2D eigenvalue weighted by molar-refractivity contribution is 0.357. The molecule has 0 saturated carbocycles. The fourth-order valence-electron chi connectivity index (χ4n) is 1.37. The van der Waals surface area contributed by atoms with E-state index in [0.29, 0.717) is 22.3 Å². The quantitative estimate of drug-likeness (QED) is 0.916. The molecule has 1 N–H and O–H groups in total. The van der Waals surface area contributed by atoms with Crippen molar-refractivity contribution in [1.82, 2.24) is 5.32 Å². The van der Waals surface area contributed by atoms with Crippen LogP contribution in [0.1, 0.15) is 26.3 Å². The molecular weight excluding hydrogens is 271 g/mol. The van der Waals surface area contributed by atoms with Gasteiger partial charge in [0.15, 0.2) is 6.61 Å². The Morgan fingerprint density at radius 3 is 2.56 bits per heavy atom. The number of nitriles is 1. The van der Waals surface area contributed by atoms with E-state index in [9.17, 15) is 0 Å². The Bertz CT molecular complexity index is 461. The second kappa shape index (κ2) is 6.29. The highest BCUT2D eigenvalue weighted by Gasteiger charge is 2.14. The first-order chi connectivity index (χ1) is 8.33. The van der Waals surface area contributed by atoms with Crippen molar-refractivity contribution < 1.29 is 4.74 Å². The molecule has 0 fully saturated rings. The molecule has 1 rings (SSSR count). The maximum atomic E-state index is 8.56. The molecule has 0 spiro atoms. The van der Waals surface area contributed by atoms with Crippen molar-refractivity contribution in [2.24, 2.45) is 0 Å². The zero-order valence-corrected chi connectivity index (χ0v) is 12.2. The number of nitrogens with zero attached hydrogens (tertiary/aromatic N) is 1. The van der Waals surface area contributed by atoms with Crippen LogP contribution in [0.4, 0.5) is 0 Å². The summed E-state index contributed by atoms with van der Waals surface area (Å²) >= 11 is 12.0. The van der Waals surface area contributed by atoms with Gasteiger partial charge >= 0.3 is 0 Å².